The van der Waals surface area contributed by atoms with Crippen LogP contribution < -0.4 is 25.0 Å². The summed E-state index contributed by atoms with van der Waals surface area (Å²) in [6, 6.07) is 23.4. The largest absolute Gasteiger partial charge is 0.497 e. The van der Waals surface area contributed by atoms with Gasteiger partial charge in [-0.3, -0.25) is 14.9 Å². The Hall–Kier alpha value is -4.77. The molecule has 0 spiro atoms. The molecule has 0 aliphatic heterocycles. The molecule has 194 valence electrons. The van der Waals surface area contributed by atoms with E-state index < -0.39 is 0 Å². The second kappa shape index (κ2) is 13.5. The molecule has 1 heterocycles. The van der Waals surface area contributed by atoms with E-state index in [0.717, 1.165) is 22.6 Å². The van der Waals surface area contributed by atoms with Crippen molar-refractivity contribution in [2.75, 3.05) is 25.6 Å². The summed E-state index contributed by atoms with van der Waals surface area (Å²) < 4.78 is 16.6. The van der Waals surface area contributed by atoms with Crippen LogP contribution in [0, 0.1) is 0 Å². The van der Waals surface area contributed by atoms with Crippen LogP contribution in [0.25, 0.3) is 0 Å². The highest BCUT2D eigenvalue weighted by atomic mass is 32.1. The number of hydrazone groups is 1. The molecule has 0 aliphatic rings. The predicted octanol–water partition coefficient (Wildman–Crippen LogP) is 3.95. The third-order valence-corrected chi connectivity index (χ3v) is 5.80. The zero-order chi connectivity index (χ0) is 26.6. The third kappa shape index (κ3) is 8.14. The van der Waals surface area contributed by atoms with E-state index in [1.54, 1.807) is 43.5 Å². The van der Waals surface area contributed by atoms with Crippen LogP contribution in [0.4, 0.5) is 5.13 Å². The predicted molar refractivity (Wildman–Crippen MR) is 144 cm³/mol. The van der Waals surface area contributed by atoms with Gasteiger partial charge in [-0.05, 0) is 42.0 Å². The number of carbonyl (C=O) groups excluding carboxylic acids is 2. The summed E-state index contributed by atoms with van der Waals surface area (Å²) in [4.78, 5) is 24.4. The van der Waals surface area contributed by atoms with E-state index in [2.05, 4.69) is 26.0 Å². The number of carbonyl (C=O) groups is 2. The van der Waals surface area contributed by atoms with Gasteiger partial charge in [-0.25, -0.2) is 5.43 Å². The fourth-order valence-electron chi connectivity index (χ4n) is 3.18. The van der Waals surface area contributed by atoms with Crippen molar-refractivity contribution in [2.45, 2.75) is 6.42 Å². The van der Waals surface area contributed by atoms with Crippen molar-refractivity contribution in [3.8, 4) is 17.2 Å². The number of hydrogen-bond acceptors (Lipinski definition) is 9. The summed E-state index contributed by atoms with van der Waals surface area (Å²) in [5.74, 6) is 1.42. The number of nitrogens with one attached hydrogen (secondary N) is 2. The maximum absolute atomic E-state index is 12.2. The molecule has 0 fully saturated rings. The normalized spacial score (nSPS) is 10.7. The van der Waals surface area contributed by atoms with Crippen LogP contribution in [0.15, 0.2) is 84.0 Å². The summed E-state index contributed by atoms with van der Waals surface area (Å²) >= 11 is 1.13. The number of benzene rings is 3. The van der Waals surface area contributed by atoms with E-state index in [1.165, 1.54) is 6.21 Å². The smallest absolute Gasteiger partial charge is 0.257 e. The van der Waals surface area contributed by atoms with E-state index in [-0.39, 0.29) is 18.2 Å². The number of anilines is 1. The number of hydrogen-bond donors (Lipinski definition) is 2. The second-order valence-corrected chi connectivity index (χ2v) is 8.80. The molecule has 11 heteroatoms. The van der Waals surface area contributed by atoms with E-state index >= 15 is 0 Å². The van der Waals surface area contributed by atoms with Crippen molar-refractivity contribution >= 4 is 34.5 Å². The summed E-state index contributed by atoms with van der Waals surface area (Å²) in [7, 11) is 1.61. The number of methoxy groups -OCH3 is 1. The van der Waals surface area contributed by atoms with Crippen LogP contribution in [-0.4, -0.2) is 48.5 Å². The lowest BCUT2D eigenvalue weighted by Crippen LogP contribution is -2.19. The highest BCUT2D eigenvalue weighted by Gasteiger charge is 2.12. The van der Waals surface area contributed by atoms with Crippen LogP contribution in [0.3, 0.4) is 0 Å². The van der Waals surface area contributed by atoms with Crippen molar-refractivity contribution in [1.82, 2.24) is 15.6 Å². The SMILES string of the molecule is COc1cccc(OCCOc2cccc(/C=N\NC(=O)Cc3nnc(NC(=O)c4ccccc4)s3)c2)c1. The molecule has 0 radical (unpaired) electrons. The number of aromatic nitrogens is 2. The van der Waals surface area contributed by atoms with Crippen molar-refractivity contribution in [3.05, 3.63) is 95.0 Å². The maximum Gasteiger partial charge on any atom is 0.257 e. The van der Waals surface area contributed by atoms with Crippen molar-refractivity contribution < 1.29 is 23.8 Å². The van der Waals surface area contributed by atoms with Crippen LogP contribution in [0.5, 0.6) is 17.2 Å². The van der Waals surface area contributed by atoms with Gasteiger partial charge in [0.1, 0.15) is 35.5 Å². The van der Waals surface area contributed by atoms with Crippen LogP contribution in [0.2, 0.25) is 0 Å². The van der Waals surface area contributed by atoms with E-state index in [9.17, 15) is 9.59 Å². The topological polar surface area (TPSA) is 124 Å². The van der Waals surface area contributed by atoms with Gasteiger partial charge in [0, 0.05) is 11.6 Å². The average Bonchev–Trinajstić information content (AvgIpc) is 3.38. The molecule has 4 aromatic rings. The fraction of sp³-hybridized carbons (Fsp3) is 0.148. The van der Waals surface area contributed by atoms with Gasteiger partial charge in [-0.15, -0.1) is 10.2 Å². The zero-order valence-corrected chi connectivity index (χ0v) is 21.3. The van der Waals surface area contributed by atoms with Gasteiger partial charge in [0.15, 0.2) is 0 Å². The number of rotatable bonds is 12. The Labute approximate surface area is 223 Å². The highest BCUT2D eigenvalue weighted by Crippen LogP contribution is 2.19. The molecule has 0 bridgehead atoms. The summed E-state index contributed by atoms with van der Waals surface area (Å²) in [6.07, 6.45) is 1.50. The summed E-state index contributed by atoms with van der Waals surface area (Å²) in [6.45, 7) is 0.717. The molecule has 1 aromatic heterocycles. The first-order valence-corrected chi connectivity index (χ1v) is 12.4. The van der Waals surface area contributed by atoms with Gasteiger partial charge >= 0.3 is 0 Å². The first-order valence-electron chi connectivity index (χ1n) is 11.6. The molecule has 2 amide bonds. The molecule has 0 unspecified atom stereocenters. The van der Waals surface area contributed by atoms with Gasteiger partial charge in [0.25, 0.3) is 5.91 Å². The summed E-state index contributed by atoms with van der Waals surface area (Å²) in [5.41, 5.74) is 3.72. The zero-order valence-electron chi connectivity index (χ0n) is 20.5. The van der Waals surface area contributed by atoms with Gasteiger partial charge in [0.05, 0.1) is 19.7 Å². The Kier molecular flexibility index (Phi) is 9.35. The molecular formula is C27H25N5O5S. The summed E-state index contributed by atoms with van der Waals surface area (Å²) in [5, 5.41) is 15.3. The van der Waals surface area contributed by atoms with Crippen molar-refractivity contribution in [3.63, 3.8) is 0 Å². The van der Waals surface area contributed by atoms with E-state index in [1.807, 2.05) is 42.5 Å². The Morgan fingerprint density at radius 3 is 2.37 bits per heavy atom. The Bertz CT molecular complexity index is 1390. The average molecular weight is 532 g/mol. The quantitative estimate of drug-likeness (QED) is 0.161. The van der Waals surface area contributed by atoms with E-state index in [0.29, 0.717) is 40.4 Å². The second-order valence-electron chi connectivity index (χ2n) is 7.74. The minimum atomic E-state index is -0.361. The van der Waals surface area contributed by atoms with Gasteiger partial charge in [-0.2, -0.15) is 5.10 Å². The Balaban J connectivity index is 1.19. The van der Waals surface area contributed by atoms with Crippen LogP contribution in [0.1, 0.15) is 20.9 Å². The molecule has 3 aromatic carbocycles. The lowest BCUT2D eigenvalue weighted by Gasteiger charge is -2.09. The Morgan fingerprint density at radius 1 is 0.895 bits per heavy atom. The Morgan fingerprint density at radius 2 is 1.61 bits per heavy atom. The minimum absolute atomic E-state index is 0.0212. The third-order valence-electron chi connectivity index (χ3n) is 4.96. The monoisotopic (exact) mass is 531 g/mol. The first kappa shape index (κ1) is 26.3. The van der Waals surface area contributed by atoms with Crippen molar-refractivity contribution in [2.24, 2.45) is 5.10 Å². The van der Waals surface area contributed by atoms with Crippen LogP contribution >= 0.6 is 11.3 Å². The number of ether oxygens (including phenoxy) is 3. The lowest BCUT2D eigenvalue weighted by atomic mass is 10.2. The molecule has 38 heavy (non-hydrogen) atoms. The lowest BCUT2D eigenvalue weighted by molar-refractivity contribution is -0.120. The molecule has 0 saturated heterocycles. The molecule has 0 saturated carbocycles. The molecule has 0 aliphatic carbocycles. The van der Waals surface area contributed by atoms with Crippen LogP contribution in [-0.2, 0) is 11.2 Å². The van der Waals surface area contributed by atoms with Gasteiger partial charge in [-0.1, -0.05) is 47.7 Å². The number of amides is 2. The molecule has 0 atom stereocenters. The van der Waals surface area contributed by atoms with Gasteiger partial charge < -0.3 is 14.2 Å². The standard InChI is InChI=1S/C27H25N5O5S/c1-35-21-10-6-12-23(16-21)37-14-13-36-22-11-5-7-19(15-22)18-28-30-24(33)17-25-31-32-27(38-25)29-26(34)20-8-3-2-4-9-20/h2-12,15-16,18H,13-14,17H2,1H3,(H,30,33)(H,29,32,34)/b28-18-. The fourth-order valence-corrected chi connectivity index (χ4v) is 3.92. The molecule has 10 nitrogen and oxygen atoms in total. The first-order chi connectivity index (χ1) is 18.6. The number of nitrogens with zero attached hydrogens (tertiary/aromatic N) is 3. The molecular weight excluding hydrogens is 506 g/mol. The highest BCUT2D eigenvalue weighted by molar-refractivity contribution is 7.15. The van der Waals surface area contributed by atoms with Gasteiger partial charge in [0.2, 0.25) is 11.0 Å². The van der Waals surface area contributed by atoms with E-state index in [4.69, 9.17) is 14.2 Å². The molecule has 4 rings (SSSR count). The van der Waals surface area contributed by atoms with Crippen molar-refractivity contribution in [1.29, 1.82) is 0 Å². The molecule has 2 N–H and O–H groups in total. The minimum Gasteiger partial charge on any atom is -0.497 e. The maximum atomic E-state index is 12.2.